The molecule has 0 radical (unpaired) electrons. The predicted octanol–water partition coefficient (Wildman–Crippen LogP) is 0.206. The first-order valence-electron chi connectivity index (χ1n) is 5.47. The van der Waals surface area contributed by atoms with Crippen molar-refractivity contribution in [3.63, 3.8) is 0 Å². The Labute approximate surface area is 89.7 Å². The quantitative estimate of drug-likeness (QED) is 0.729. The van der Waals surface area contributed by atoms with Gasteiger partial charge in [-0.3, -0.25) is 4.90 Å². The molecule has 2 heterocycles. The molecule has 0 aromatic heterocycles. The lowest BCUT2D eigenvalue weighted by atomic mass is 10.1. The second-order valence-electron chi connectivity index (χ2n) is 4.14. The van der Waals surface area contributed by atoms with Crippen molar-refractivity contribution in [1.82, 2.24) is 10.2 Å². The van der Waals surface area contributed by atoms with Crippen LogP contribution in [0, 0.1) is 0 Å². The summed E-state index contributed by atoms with van der Waals surface area (Å²) in [7, 11) is 1.77. The van der Waals surface area contributed by atoms with Crippen LogP contribution in [0.1, 0.15) is 12.8 Å². The van der Waals surface area contributed by atoms with Crippen molar-refractivity contribution in [3.8, 4) is 0 Å². The third kappa shape index (κ3) is 2.82. The minimum atomic E-state index is -0.285. The Kier molecular flexibility index (Phi) is 3.43. The van der Waals surface area contributed by atoms with Gasteiger partial charge in [-0.05, 0) is 12.8 Å². The highest BCUT2D eigenvalue weighted by Crippen LogP contribution is 2.14. The molecule has 0 aromatic carbocycles. The van der Waals surface area contributed by atoms with E-state index in [0.29, 0.717) is 12.6 Å². The number of alkyl carbamates (subject to hydrolysis) is 1. The van der Waals surface area contributed by atoms with Crippen molar-refractivity contribution < 1.29 is 14.3 Å². The van der Waals surface area contributed by atoms with Crippen LogP contribution in [0.5, 0.6) is 0 Å². The minimum Gasteiger partial charge on any atom is -0.443 e. The molecule has 0 aromatic rings. The summed E-state index contributed by atoms with van der Waals surface area (Å²) in [5, 5.41) is 2.67. The van der Waals surface area contributed by atoms with Crippen LogP contribution < -0.4 is 5.32 Å². The van der Waals surface area contributed by atoms with Gasteiger partial charge < -0.3 is 14.8 Å². The standard InChI is InChI=1S/C10H18N2O3/c1-14-8-2-4-12(5-3-8)7-9-6-11-10(13)15-9/h8-9H,2-7H2,1H3,(H,11,13)/t9-/m1/s1. The van der Waals surface area contributed by atoms with Crippen LogP contribution in [0.4, 0.5) is 4.79 Å². The number of rotatable bonds is 3. The van der Waals surface area contributed by atoms with Gasteiger partial charge in [-0.1, -0.05) is 0 Å². The average molecular weight is 214 g/mol. The van der Waals surface area contributed by atoms with Crippen LogP contribution in [-0.2, 0) is 9.47 Å². The Morgan fingerprint density at radius 2 is 2.27 bits per heavy atom. The highest BCUT2D eigenvalue weighted by atomic mass is 16.6. The fourth-order valence-electron chi connectivity index (χ4n) is 2.15. The lowest BCUT2D eigenvalue weighted by Crippen LogP contribution is -2.41. The Hall–Kier alpha value is -0.810. The van der Waals surface area contributed by atoms with E-state index in [1.165, 1.54) is 0 Å². The fraction of sp³-hybridized carbons (Fsp3) is 0.900. The molecule has 2 aliphatic heterocycles. The summed E-state index contributed by atoms with van der Waals surface area (Å²) in [6.07, 6.45) is 2.30. The molecule has 2 aliphatic rings. The maximum Gasteiger partial charge on any atom is 0.407 e. The van der Waals surface area contributed by atoms with Gasteiger partial charge in [0.05, 0.1) is 12.6 Å². The maximum absolute atomic E-state index is 10.8. The van der Waals surface area contributed by atoms with E-state index < -0.39 is 0 Å². The molecule has 5 nitrogen and oxygen atoms in total. The van der Waals surface area contributed by atoms with Crippen molar-refractivity contribution in [1.29, 1.82) is 0 Å². The molecule has 0 bridgehead atoms. The maximum atomic E-state index is 10.8. The molecule has 5 heteroatoms. The third-order valence-electron chi connectivity index (χ3n) is 3.08. The summed E-state index contributed by atoms with van der Waals surface area (Å²) in [6, 6.07) is 0. The van der Waals surface area contributed by atoms with Crippen LogP contribution in [0.2, 0.25) is 0 Å². The molecule has 86 valence electrons. The van der Waals surface area contributed by atoms with Gasteiger partial charge in [-0.15, -0.1) is 0 Å². The Morgan fingerprint density at radius 3 is 2.80 bits per heavy atom. The summed E-state index contributed by atoms with van der Waals surface area (Å²) in [5.41, 5.74) is 0. The zero-order valence-electron chi connectivity index (χ0n) is 9.07. The number of likely N-dealkylation sites (tertiary alicyclic amines) is 1. The minimum absolute atomic E-state index is 0.0246. The number of carbonyl (C=O) groups excluding carboxylic acids is 1. The zero-order chi connectivity index (χ0) is 10.7. The van der Waals surface area contributed by atoms with Gasteiger partial charge in [0.2, 0.25) is 0 Å². The van der Waals surface area contributed by atoms with Gasteiger partial charge in [0.25, 0.3) is 0 Å². The van der Waals surface area contributed by atoms with E-state index >= 15 is 0 Å². The second kappa shape index (κ2) is 4.81. The summed E-state index contributed by atoms with van der Waals surface area (Å²) in [5.74, 6) is 0. The van der Waals surface area contributed by atoms with Crippen LogP contribution in [0.25, 0.3) is 0 Å². The van der Waals surface area contributed by atoms with E-state index in [2.05, 4.69) is 10.2 Å². The molecule has 0 saturated carbocycles. The van der Waals surface area contributed by atoms with Gasteiger partial charge in [0, 0.05) is 26.7 Å². The lowest BCUT2D eigenvalue weighted by molar-refractivity contribution is 0.0275. The first-order valence-corrected chi connectivity index (χ1v) is 5.47. The summed E-state index contributed by atoms with van der Waals surface area (Å²) < 4.78 is 10.4. The number of nitrogens with one attached hydrogen (secondary N) is 1. The Balaban J connectivity index is 1.70. The van der Waals surface area contributed by atoms with E-state index in [1.807, 2.05) is 0 Å². The molecule has 0 aliphatic carbocycles. The van der Waals surface area contributed by atoms with E-state index in [9.17, 15) is 4.79 Å². The molecular weight excluding hydrogens is 196 g/mol. The largest absolute Gasteiger partial charge is 0.443 e. The van der Waals surface area contributed by atoms with Crippen molar-refractivity contribution in [2.75, 3.05) is 33.3 Å². The van der Waals surface area contributed by atoms with Crippen LogP contribution in [0.3, 0.4) is 0 Å². The first kappa shape index (κ1) is 10.7. The highest BCUT2D eigenvalue weighted by Gasteiger charge is 2.26. The molecule has 2 rings (SSSR count). The number of ether oxygens (including phenoxy) is 2. The number of piperidine rings is 1. The normalized spacial score (nSPS) is 28.9. The van der Waals surface area contributed by atoms with Crippen LogP contribution >= 0.6 is 0 Å². The zero-order valence-corrected chi connectivity index (χ0v) is 9.07. The molecule has 1 atom stereocenters. The van der Waals surface area contributed by atoms with E-state index in [0.717, 1.165) is 32.5 Å². The number of amides is 1. The predicted molar refractivity (Wildman–Crippen MR) is 54.7 cm³/mol. The Bertz CT molecular complexity index is 227. The number of hydrogen-bond acceptors (Lipinski definition) is 4. The highest BCUT2D eigenvalue weighted by molar-refractivity contribution is 5.69. The summed E-state index contributed by atoms with van der Waals surface area (Å²) in [4.78, 5) is 13.2. The number of nitrogens with zero attached hydrogens (tertiary/aromatic N) is 1. The molecule has 0 unspecified atom stereocenters. The summed E-state index contributed by atoms with van der Waals surface area (Å²) in [6.45, 7) is 3.55. The van der Waals surface area contributed by atoms with E-state index in [-0.39, 0.29) is 12.2 Å². The number of methoxy groups -OCH3 is 1. The van der Waals surface area contributed by atoms with Crippen LogP contribution in [0.15, 0.2) is 0 Å². The van der Waals surface area contributed by atoms with Crippen molar-refractivity contribution in [2.24, 2.45) is 0 Å². The molecule has 2 fully saturated rings. The van der Waals surface area contributed by atoms with Gasteiger partial charge in [0.15, 0.2) is 0 Å². The molecule has 0 spiro atoms. The second-order valence-corrected chi connectivity index (χ2v) is 4.14. The monoisotopic (exact) mass is 214 g/mol. The lowest BCUT2D eigenvalue weighted by Gasteiger charge is -2.32. The van der Waals surface area contributed by atoms with E-state index in [4.69, 9.17) is 9.47 Å². The smallest absolute Gasteiger partial charge is 0.407 e. The molecule has 2 saturated heterocycles. The van der Waals surface area contributed by atoms with E-state index in [1.54, 1.807) is 7.11 Å². The van der Waals surface area contributed by atoms with Gasteiger partial charge in [-0.2, -0.15) is 0 Å². The number of cyclic esters (lactones) is 1. The van der Waals surface area contributed by atoms with Crippen molar-refractivity contribution in [3.05, 3.63) is 0 Å². The first-order chi connectivity index (χ1) is 7.28. The van der Waals surface area contributed by atoms with Crippen molar-refractivity contribution in [2.45, 2.75) is 25.0 Å². The topological polar surface area (TPSA) is 50.8 Å². The SMILES string of the molecule is COC1CCN(C[C@H]2CNC(=O)O2)CC1. The van der Waals surface area contributed by atoms with Gasteiger partial charge in [0.1, 0.15) is 6.10 Å². The molecule has 15 heavy (non-hydrogen) atoms. The van der Waals surface area contributed by atoms with Crippen molar-refractivity contribution >= 4 is 6.09 Å². The van der Waals surface area contributed by atoms with Gasteiger partial charge in [-0.25, -0.2) is 4.79 Å². The average Bonchev–Trinajstić information content (AvgIpc) is 2.65. The number of hydrogen-bond donors (Lipinski definition) is 1. The molecule has 1 N–H and O–H groups in total. The summed E-state index contributed by atoms with van der Waals surface area (Å²) >= 11 is 0. The van der Waals surface area contributed by atoms with Gasteiger partial charge >= 0.3 is 6.09 Å². The Morgan fingerprint density at radius 1 is 1.53 bits per heavy atom. The third-order valence-corrected chi connectivity index (χ3v) is 3.08. The van der Waals surface area contributed by atoms with Crippen LogP contribution in [-0.4, -0.2) is 56.5 Å². The molecule has 1 amide bonds. The molecular formula is C10H18N2O3. The fourth-order valence-corrected chi connectivity index (χ4v) is 2.15. The number of carbonyl (C=O) groups is 1.